The van der Waals surface area contributed by atoms with Crippen LogP contribution in [-0.2, 0) is 11.3 Å². The third-order valence-corrected chi connectivity index (χ3v) is 6.38. The number of rotatable bonds is 5. The number of urea groups is 1. The summed E-state index contributed by atoms with van der Waals surface area (Å²) in [5.74, 6) is 1.75. The highest BCUT2D eigenvalue weighted by Crippen LogP contribution is 2.35. The number of aromatic nitrogens is 4. The Hall–Kier alpha value is -3.20. The zero-order valence-corrected chi connectivity index (χ0v) is 17.9. The molecule has 4 heterocycles. The zero-order chi connectivity index (χ0) is 21.4. The van der Waals surface area contributed by atoms with Gasteiger partial charge in [0.25, 0.3) is 0 Å². The lowest BCUT2D eigenvalue weighted by molar-refractivity contribution is 0.188. The van der Waals surface area contributed by atoms with Gasteiger partial charge in [-0.05, 0) is 18.6 Å². The average Bonchev–Trinajstić information content (AvgIpc) is 3.46. The van der Waals surface area contributed by atoms with Gasteiger partial charge in [0.15, 0.2) is 17.0 Å². The van der Waals surface area contributed by atoms with E-state index in [1.807, 2.05) is 40.7 Å². The smallest absolute Gasteiger partial charge is 0.321 e. The summed E-state index contributed by atoms with van der Waals surface area (Å²) in [7, 11) is 1.69. The van der Waals surface area contributed by atoms with Gasteiger partial charge in [-0.3, -0.25) is 0 Å². The number of imidazole rings is 1. The third-order valence-electron chi connectivity index (χ3n) is 6.38. The molecule has 1 aromatic carbocycles. The SMILES string of the molecule is COCCn1cnc2c(N3CC4CN(C(=O)Nc5ccccc5C)CC4C3)ncnc21. The van der Waals surface area contributed by atoms with Crippen molar-refractivity contribution in [2.75, 3.05) is 50.1 Å². The predicted molar refractivity (Wildman–Crippen MR) is 118 cm³/mol. The summed E-state index contributed by atoms with van der Waals surface area (Å²) < 4.78 is 7.18. The van der Waals surface area contributed by atoms with Crippen LogP contribution >= 0.6 is 0 Å². The number of methoxy groups -OCH3 is 1. The molecular formula is C22H27N7O2. The Morgan fingerprint density at radius 3 is 2.65 bits per heavy atom. The van der Waals surface area contributed by atoms with Crippen molar-refractivity contribution in [2.24, 2.45) is 11.8 Å². The summed E-state index contributed by atoms with van der Waals surface area (Å²) in [5.41, 5.74) is 3.60. The van der Waals surface area contributed by atoms with Crippen molar-refractivity contribution in [1.29, 1.82) is 0 Å². The highest BCUT2D eigenvalue weighted by atomic mass is 16.5. The number of carbonyl (C=O) groups excluding carboxylic acids is 1. The molecule has 2 aliphatic heterocycles. The van der Waals surface area contributed by atoms with E-state index >= 15 is 0 Å². The topological polar surface area (TPSA) is 88.4 Å². The summed E-state index contributed by atoms with van der Waals surface area (Å²) in [6.07, 6.45) is 3.41. The summed E-state index contributed by atoms with van der Waals surface area (Å²) in [6.45, 7) is 6.58. The van der Waals surface area contributed by atoms with E-state index in [1.165, 1.54) is 0 Å². The molecule has 9 heteroatoms. The predicted octanol–water partition coefficient (Wildman–Crippen LogP) is 2.38. The second kappa shape index (κ2) is 8.14. The normalized spacial score (nSPS) is 20.5. The van der Waals surface area contributed by atoms with Crippen molar-refractivity contribution in [3.63, 3.8) is 0 Å². The zero-order valence-electron chi connectivity index (χ0n) is 17.9. The van der Waals surface area contributed by atoms with Crippen LogP contribution < -0.4 is 10.2 Å². The summed E-state index contributed by atoms with van der Waals surface area (Å²) in [6, 6.07) is 7.85. The minimum absolute atomic E-state index is 0.0171. The van der Waals surface area contributed by atoms with E-state index in [-0.39, 0.29) is 6.03 Å². The molecule has 1 N–H and O–H groups in total. The number of amides is 2. The number of nitrogens with zero attached hydrogens (tertiary/aromatic N) is 6. The third kappa shape index (κ3) is 3.69. The Labute approximate surface area is 181 Å². The van der Waals surface area contributed by atoms with Crippen LogP contribution in [0.5, 0.6) is 0 Å². The summed E-state index contributed by atoms with van der Waals surface area (Å²) >= 11 is 0. The first-order valence-electron chi connectivity index (χ1n) is 10.7. The monoisotopic (exact) mass is 421 g/mol. The molecule has 2 saturated heterocycles. The number of hydrogen-bond acceptors (Lipinski definition) is 6. The van der Waals surface area contributed by atoms with Gasteiger partial charge in [0.2, 0.25) is 0 Å². The van der Waals surface area contributed by atoms with Crippen molar-refractivity contribution < 1.29 is 9.53 Å². The van der Waals surface area contributed by atoms with Gasteiger partial charge < -0.3 is 24.4 Å². The largest absolute Gasteiger partial charge is 0.383 e. The van der Waals surface area contributed by atoms with Crippen LogP contribution in [0.25, 0.3) is 11.2 Å². The maximum absolute atomic E-state index is 12.8. The van der Waals surface area contributed by atoms with Crippen LogP contribution in [0.4, 0.5) is 16.3 Å². The standard InChI is InChI=1S/C22H27N7O2/c1-15-5-3-4-6-18(15)26-22(30)29-11-16-9-28(10-17(16)12-29)21-19-20(23-13-24-21)27(14-25-19)7-8-31-2/h3-6,13-14,16-17H,7-12H2,1-2H3,(H,26,30). The number of carbonyl (C=O) groups is 1. The van der Waals surface area contributed by atoms with E-state index < -0.39 is 0 Å². The molecule has 162 valence electrons. The average molecular weight is 422 g/mol. The molecule has 2 atom stereocenters. The van der Waals surface area contributed by atoms with Crippen LogP contribution in [0, 0.1) is 18.8 Å². The number of likely N-dealkylation sites (tertiary alicyclic amines) is 1. The van der Waals surface area contributed by atoms with E-state index in [0.717, 1.165) is 54.4 Å². The molecule has 2 aromatic heterocycles. The minimum atomic E-state index is -0.0171. The highest BCUT2D eigenvalue weighted by Gasteiger charge is 2.42. The number of fused-ring (bicyclic) bond motifs is 2. The molecule has 0 saturated carbocycles. The molecule has 0 spiro atoms. The van der Waals surface area contributed by atoms with Gasteiger partial charge in [-0.15, -0.1) is 0 Å². The fourth-order valence-electron chi connectivity index (χ4n) is 4.69. The first-order chi connectivity index (χ1) is 15.1. The van der Waals surface area contributed by atoms with Gasteiger partial charge in [0.05, 0.1) is 12.9 Å². The lowest BCUT2D eigenvalue weighted by Gasteiger charge is -2.23. The van der Waals surface area contributed by atoms with Crippen LogP contribution in [-0.4, -0.2) is 70.3 Å². The first-order valence-corrected chi connectivity index (χ1v) is 10.7. The lowest BCUT2D eigenvalue weighted by Crippen LogP contribution is -2.36. The first kappa shape index (κ1) is 19.7. The number of anilines is 2. The molecule has 2 unspecified atom stereocenters. The van der Waals surface area contributed by atoms with Crippen LogP contribution in [0.15, 0.2) is 36.9 Å². The fourth-order valence-corrected chi connectivity index (χ4v) is 4.69. The maximum atomic E-state index is 12.8. The molecule has 2 aliphatic rings. The summed E-state index contributed by atoms with van der Waals surface area (Å²) in [5, 5.41) is 3.06. The molecule has 2 fully saturated rings. The highest BCUT2D eigenvalue weighted by molar-refractivity contribution is 5.90. The molecule has 31 heavy (non-hydrogen) atoms. The van der Waals surface area contributed by atoms with Crippen molar-refractivity contribution in [1.82, 2.24) is 24.4 Å². The molecule has 5 rings (SSSR count). The lowest BCUT2D eigenvalue weighted by atomic mass is 10.0. The van der Waals surface area contributed by atoms with Crippen molar-refractivity contribution in [3.8, 4) is 0 Å². The molecule has 2 amide bonds. The van der Waals surface area contributed by atoms with E-state index in [9.17, 15) is 4.79 Å². The summed E-state index contributed by atoms with van der Waals surface area (Å²) in [4.78, 5) is 30.6. The number of aryl methyl sites for hydroxylation is 1. The van der Waals surface area contributed by atoms with E-state index in [2.05, 4.69) is 25.2 Å². The number of hydrogen-bond donors (Lipinski definition) is 1. The number of benzene rings is 1. The number of ether oxygens (including phenoxy) is 1. The van der Waals surface area contributed by atoms with Gasteiger partial charge >= 0.3 is 6.03 Å². The van der Waals surface area contributed by atoms with Crippen molar-refractivity contribution >= 4 is 28.7 Å². The second-order valence-electron chi connectivity index (χ2n) is 8.38. The van der Waals surface area contributed by atoms with Gasteiger partial charge in [-0.1, -0.05) is 18.2 Å². The molecule has 3 aromatic rings. The van der Waals surface area contributed by atoms with Crippen molar-refractivity contribution in [2.45, 2.75) is 13.5 Å². The van der Waals surface area contributed by atoms with Crippen molar-refractivity contribution in [3.05, 3.63) is 42.5 Å². The Balaban J connectivity index is 1.26. The number of para-hydroxylation sites is 1. The van der Waals surface area contributed by atoms with Gasteiger partial charge in [-0.2, -0.15) is 0 Å². The van der Waals surface area contributed by atoms with Gasteiger partial charge in [0, 0.05) is 57.4 Å². The van der Waals surface area contributed by atoms with Crippen LogP contribution in [0.1, 0.15) is 5.56 Å². The molecule has 9 nitrogen and oxygen atoms in total. The Morgan fingerprint density at radius 1 is 1.13 bits per heavy atom. The molecule has 0 bridgehead atoms. The van der Waals surface area contributed by atoms with E-state index in [1.54, 1.807) is 19.8 Å². The molecule has 0 aliphatic carbocycles. The van der Waals surface area contributed by atoms with Crippen LogP contribution in [0.2, 0.25) is 0 Å². The Bertz CT molecular complexity index is 1080. The number of nitrogens with one attached hydrogen (secondary N) is 1. The van der Waals surface area contributed by atoms with Crippen LogP contribution in [0.3, 0.4) is 0 Å². The molecule has 0 radical (unpaired) electrons. The van der Waals surface area contributed by atoms with E-state index in [4.69, 9.17) is 4.74 Å². The minimum Gasteiger partial charge on any atom is -0.383 e. The Morgan fingerprint density at radius 2 is 1.90 bits per heavy atom. The van der Waals surface area contributed by atoms with Gasteiger partial charge in [0.1, 0.15) is 6.33 Å². The maximum Gasteiger partial charge on any atom is 0.321 e. The fraction of sp³-hybridized carbons (Fsp3) is 0.455. The van der Waals surface area contributed by atoms with E-state index in [0.29, 0.717) is 25.0 Å². The second-order valence-corrected chi connectivity index (χ2v) is 8.38. The van der Waals surface area contributed by atoms with Gasteiger partial charge in [-0.25, -0.2) is 19.7 Å². The Kier molecular flexibility index (Phi) is 5.19. The quantitative estimate of drug-likeness (QED) is 0.681. The molecular weight excluding hydrogens is 394 g/mol.